The summed E-state index contributed by atoms with van der Waals surface area (Å²) in [5.41, 5.74) is 11.2. The molecule has 0 spiro atoms. The third-order valence-corrected chi connectivity index (χ3v) is 9.29. The van der Waals surface area contributed by atoms with Crippen LogP contribution in [-0.4, -0.2) is 4.57 Å². The van der Waals surface area contributed by atoms with Crippen LogP contribution in [0.2, 0.25) is 0 Å². The predicted molar refractivity (Wildman–Crippen MR) is 170 cm³/mol. The predicted octanol–water partition coefficient (Wildman–Crippen LogP) is 10.4. The molecular weight excluding hydrogens is 502 g/mol. The standard InChI is InChI=1S/C38H25NS/c1-3-14-26(15-4-1)36-32(38-31-21-8-7-20-30(31)37(40-38)27-16-5-2-6-17-27)22-13-25-35(36)39-33-23-11-9-18-28(33)29-19-10-12-24-34(29)39/h1-3,5-7,9-14,16-20,22-25H,8,21H2. The molecule has 0 fully saturated rings. The molecular formula is C38H25NS. The first kappa shape index (κ1) is 23.1. The van der Waals surface area contributed by atoms with E-state index in [9.17, 15) is 0 Å². The van der Waals surface area contributed by atoms with Crippen LogP contribution < -0.4 is 0 Å². The van der Waals surface area contributed by atoms with Crippen LogP contribution in [0.25, 0.3) is 65.6 Å². The molecule has 2 heterocycles. The quantitative estimate of drug-likeness (QED) is 0.215. The van der Waals surface area contributed by atoms with E-state index >= 15 is 0 Å². The molecule has 8 rings (SSSR count). The van der Waals surface area contributed by atoms with E-state index in [4.69, 9.17) is 0 Å². The number of para-hydroxylation sites is 2. The van der Waals surface area contributed by atoms with E-state index in [1.54, 1.807) is 0 Å². The molecule has 188 valence electrons. The zero-order chi connectivity index (χ0) is 26.5. The Labute approximate surface area is 238 Å². The van der Waals surface area contributed by atoms with E-state index in [1.165, 1.54) is 65.1 Å². The van der Waals surface area contributed by atoms with Crippen molar-refractivity contribution >= 4 is 39.2 Å². The van der Waals surface area contributed by atoms with Crippen LogP contribution in [0, 0.1) is 12.1 Å². The molecule has 0 unspecified atom stereocenters. The minimum Gasteiger partial charge on any atom is -0.309 e. The fraction of sp³-hybridized carbons (Fsp3) is 0.0526. The monoisotopic (exact) mass is 527 g/mol. The lowest BCUT2D eigenvalue weighted by Gasteiger charge is -2.18. The molecule has 5 aromatic carbocycles. The SMILES string of the molecule is c1cccc(-c2c(-c3sc(-c4ccccc4)c4c3CCC=C4)cccc2-n2c3ccccc3c3ccccc32)c#1. The minimum absolute atomic E-state index is 1.05. The fourth-order valence-corrected chi connectivity index (χ4v) is 7.61. The second-order valence-electron chi connectivity index (χ2n) is 10.2. The second kappa shape index (κ2) is 9.42. The van der Waals surface area contributed by atoms with E-state index in [1.807, 2.05) is 17.4 Å². The highest BCUT2D eigenvalue weighted by Gasteiger charge is 2.25. The van der Waals surface area contributed by atoms with Crippen LogP contribution in [-0.2, 0) is 6.42 Å². The van der Waals surface area contributed by atoms with Crippen LogP contribution in [0.15, 0.2) is 121 Å². The van der Waals surface area contributed by atoms with Crippen molar-refractivity contribution in [3.63, 3.8) is 0 Å². The second-order valence-corrected chi connectivity index (χ2v) is 11.3. The summed E-state index contributed by atoms with van der Waals surface area (Å²) in [6.07, 6.45) is 6.77. The van der Waals surface area contributed by atoms with Gasteiger partial charge in [0, 0.05) is 37.2 Å². The molecule has 0 N–H and O–H groups in total. The number of allylic oxidation sites excluding steroid dienone is 1. The van der Waals surface area contributed by atoms with E-state index in [0.29, 0.717) is 0 Å². The lowest BCUT2D eigenvalue weighted by molar-refractivity contribution is 0.996. The Hall–Kier alpha value is -4.84. The molecule has 0 saturated heterocycles. The van der Waals surface area contributed by atoms with E-state index in [2.05, 4.69) is 138 Å². The maximum Gasteiger partial charge on any atom is 0.0553 e. The molecule has 0 saturated carbocycles. The van der Waals surface area contributed by atoms with Gasteiger partial charge in [0.2, 0.25) is 0 Å². The van der Waals surface area contributed by atoms with Crippen molar-refractivity contribution in [2.75, 3.05) is 0 Å². The van der Waals surface area contributed by atoms with Crippen LogP contribution in [0.1, 0.15) is 17.5 Å². The van der Waals surface area contributed by atoms with Gasteiger partial charge in [0.05, 0.1) is 16.7 Å². The summed E-state index contributed by atoms with van der Waals surface area (Å²) in [5, 5.41) is 2.53. The van der Waals surface area contributed by atoms with E-state index in [0.717, 1.165) is 18.4 Å². The van der Waals surface area contributed by atoms with Gasteiger partial charge in [-0.3, -0.25) is 0 Å². The smallest absolute Gasteiger partial charge is 0.0553 e. The summed E-state index contributed by atoms with van der Waals surface area (Å²) >= 11 is 1.92. The Morgan fingerprint density at radius 3 is 2.17 bits per heavy atom. The molecule has 7 aromatic rings. The number of aromatic nitrogens is 1. The largest absolute Gasteiger partial charge is 0.309 e. The zero-order valence-electron chi connectivity index (χ0n) is 21.9. The van der Waals surface area contributed by atoms with E-state index in [-0.39, 0.29) is 0 Å². The average Bonchev–Trinajstić information content (AvgIpc) is 3.58. The third-order valence-electron chi connectivity index (χ3n) is 7.96. The van der Waals surface area contributed by atoms with E-state index < -0.39 is 0 Å². The Morgan fingerprint density at radius 2 is 1.43 bits per heavy atom. The van der Waals surface area contributed by atoms with Crippen LogP contribution >= 0.6 is 11.3 Å². The first-order valence-corrected chi connectivity index (χ1v) is 14.6. The van der Waals surface area contributed by atoms with Crippen molar-refractivity contribution in [3.8, 4) is 37.7 Å². The summed E-state index contributed by atoms with van der Waals surface area (Å²) in [6.45, 7) is 0. The highest BCUT2D eigenvalue weighted by atomic mass is 32.1. The van der Waals surface area contributed by atoms with Crippen molar-refractivity contribution in [2.24, 2.45) is 0 Å². The Morgan fingerprint density at radius 1 is 0.675 bits per heavy atom. The molecule has 0 atom stereocenters. The number of hydrogen-bond donors (Lipinski definition) is 0. The molecule has 0 aliphatic heterocycles. The zero-order valence-corrected chi connectivity index (χ0v) is 22.7. The molecule has 2 heteroatoms. The molecule has 40 heavy (non-hydrogen) atoms. The summed E-state index contributed by atoms with van der Waals surface area (Å²) < 4.78 is 2.43. The first-order valence-electron chi connectivity index (χ1n) is 13.8. The maximum absolute atomic E-state index is 3.46. The van der Waals surface area contributed by atoms with Crippen molar-refractivity contribution in [1.82, 2.24) is 4.57 Å². The molecule has 1 aliphatic rings. The van der Waals surface area contributed by atoms with Gasteiger partial charge in [-0.2, -0.15) is 0 Å². The van der Waals surface area contributed by atoms with Gasteiger partial charge in [0.15, 0.2) is 0 Å². The highest BCUT2D eigenvalue weighted by molar-refractivity contribution is 7.19. The Bertz CT molecular complexity index is 1990. The van der Waals surface area contributed by atoms with Crippen molar-refractivity contribution < 1.29 is 0 Å². The molecule has 0 amide bonds. The van der Waals surface area contributed by atoms with Gasteiger partial charge in [0.25, 0.3) is 0 Å². The summed E-state index contributed by atoms with van der Waals surface area (Å²) in [5.74, 6) is 0. The molecule has 1 nitrogen and oxygen atoms in total. The lowest BCUT2D eigenvalue weighted by Crippen LogP contribution is -2.00. The topological polar surface area (TPSA) is 4.93 Å². The number of fused-ring (bicyclic) bond motifs is 4. The van der Waals surface area contributed by atoms with Gasteiger partial charge in [-0.1, -0.05) is 109 Å². The van der Waals surface area contributed by atoms with Crippen molar-refractivity contribution in [3.05, 3.63) is 145 Å². The molecule has 0 bridgehead atoms. The first-order chi connectivity index (χ1) is 19.9. The van der Waals surface area contributed by atoms with Gasteiger partial charge in [0.1, 0.15) is 0 Å². The summed E-state index contributed by atoms with van der Waals surface area (Å²) in [4.78, 5) is 2.70. The number of nitrogens with zero attached hydrogens (tertiary/aromatic N) is 1. The highest BCUT2D eigenvalue weighted by Crippen LogP contribution is 2.49. The van der Waals surface area contributed by atoms with Crippen molar-refractivity contribution in [2.45, 2.75) is 12.8 Å². The van der Waals surface area contributed by atoms with Crippen LogP contribution in [0.5, 0.6) is 0 Å². The number of hydrogen-bond acceptors (Lipinski definition) is 1. The number of thiophene rings is 1. The molecule has 0 radical (unpaired) electrons. The van der Waals surface area contributed by atoms with Gasteiger partial charge >= 0.3 is 0 Å². The number of rotatable bonds is 4. The number of benzene rings is 4. The fourth-order valence-electron chi connectivity index (χ4n) is 6.23. The third kappa shape index (κ3) is 3.56. The van der Waals surface area contributed by atoms with Crippen molar-refractivity contribution in [1.29, 1.82) is 0 Å². The Kier molecular flexibility index (Phi) is 5.43. The Balaban J connectivity index is 1.47. The minimum atomic E-state index is 1.05. The van der Waals surface area contributed by atoms with Crippen LogP contribution in [0.3, 0.4) is 0 Å². The van der Waals surface area contributed by atoms with Gasteiger partial charge in [-0.25, -0.2) is 0 Å². The van der Waals surface area contributed by atoms with Gasteiger partial charge in [-0.05, 0) is 59.9 Å². The maximum atomic E-state index is 3.46. The van der Waals surface area contributed by atoms with Gasteiger partial charge < -0.3 is 4.57 Å². The van der Waals surface area contributed by atoms with Gasteiger partial charge in [-0.15, -0.1) is 11.3 Å². The summed E-state index contributed by atoms with van der Waals surface area (Å²) in [6, 6.07) is 47.9. The lowest BCUT2D eigenvalue weighted by atomic mass is 9.90. The average molecular weight is 528 g/mol. The summed E-state index contributed by atoms with van der Waals surface area (Å²) in [7, 11) is 0. The normalized spacial score (nSPS) is 12.5. The van der Waals surface area contributed by atoms with Crippen LogP contribution in [0.4, 0.5) is 0 Å². The molecule has 1 aliphatic carbocycles. The molecule has 2 aromatic heterocycles.